The van der Waals surface area contributed by atoms with Gasteiger partial charge >= 0.3 is 0 Å². The predicted molar refractivity (Wildman–Crippen MR) is 80.6 cm³/mol. The smallest absolute Gasteiger partial charge is 0.0706 e. The van der Waals surface area contributed by atoms with Crippen molar-refractivity contribution in [2.75, 3.05) is 0 Å². The van der Waals surface area contributed by atoms with Gasteiger partial charge in [0.05, 0.1) is 17.3 Å². The maximum Gasteiger partial charge on any atom is 0.0706 e. The Morgan fingerprint density at radius 3 is 2.80 bits per heavy atom. The van der Waals surface area contributed by atoms with Crippen LogP contribution in [-0.4, -0.2) is 20.5 Å². The Hall–Kier alpha value is -0.830. The van der Waals surface area contributed by atoms with Crippen LogP contribution >= 0.6 is 0 Å². The van der Waals surface area contributed by atoms with E-state index in [0.29, 0.717) is 12.0 Å². The first-order valence-corrected chi connectivity index (χ1v) is 8.41. The molecule has 112 valence electrons. The second-order valence-electron chi connectivity index (χ2n) is 7.18. The molecular formula is C17H28N2O. The fourth-order valence-electron chi connectivity index (χ4n) is 4.15. The lowest BCUT2D eigenvalue weighted by Gasteiger charge is -2.35. The minimum absolute atomic E-state index is 0.511. The van der Waals surface area contributed by atoms with E-state index in [9.17, 15) is 5.11 Å². The van der Waals surface area contributed by atoms with Crippen molar-refractivity contribution in [1.82, 2.24) is 9.78 Å². The van der Waals surface area contributed by atoms with Crippen molar-refractivity contribution in [2.45, 2.75) is 82.8 Å². The van der Waals surface area contributed by atoms with Gasteiger partial charge in [0.1, 0.15) is 0 Å². The molecule has 0 bridgehead atoms. The molecule has 1 heterocycles. The second kappa shape index (κ2) is 5.88. The van der Waals surface area contributed by atoms with Crippen molar-refractivity contribution in [1.29, 1.82) is 0 Å². The van der Waals surface area contributed by atoms with E-state index in [-0.39, 0.29) is 0 Å². The largest absolute Gasteiger partial charge is 0.389 e. The summed E-state index contributed by atoms with van der Waals surface area (Å²) < 4.78 is 2.16. The minimum atomic E-state index is -0.511. The summed E-state index contributed by atoms with van der Waals surface area (Å²) in [5, 5.41) is 15.5. The summed E-state index contributed by atoms with van der Waals surface area (Å²) in [5.74, 6) is 0.647. The maximum atomic E-state index is 10.8. The summed E-state index contributed by atoms with van der Waals surface area (Å²) in [6.07, 6.45) is 13.7. The van der Waals surface area contributed by atoms with Crippen LogP contribution in [0.2, 0.25) is 0 Å². The first-order chi connectivity index (χ1) is 9.65. The van der Waals surface area contributed by atoms with Gasteiger partial charge in [-0.25, -0.2) is 0 Å². The average Bonchev–Trinajstić information content (AvgIpc) is 2.87. The zero-order valence-corrected chi connectivity index (χ0v) is 12.7. The van der Waals surface area contributed by atoms with Crippen LogP contribution in [0.25, 0.3) is 0 Å². The number of hydrogen-bond acceptors (Lipinski definition) is 2. The van der Waals surface area contributed by atoms with Crippen LogP contribution in [0.3, 0.4) is 0 Å². The summed E-state index contributed by atoms with van der Waals surface area (Å²) in [5.41, 5.74) is 0.566. The molecular weight excluding hydrogens is 248 g/mol. The number of hydrogen-bond donors (Lipinski definition) is 1. The monoisotopic (exact) mass is 276 g/mol. The van der Waals surface area contributed by atoms with Crippen LogP contribution in [0.1, 0.15) is 76.4 Å². The summed E-state index contributed by atoms with van der Waals surface area (Å²) in [6.45, 7) is 2.25. The summed E-state index contributed by atoms with van der Waals surface area (Å²) in [7, 11) is 0. The van der Waals surface area contributed by atoms with Crippen molar-refractivity contribution in [3.8, 4) is 0 Å². The topological polar surface area (TPSA) is 38.0 Å². The predicted octanol–water partition coefficient (Wildman–Crippen LogP) is 3.87. The third-order valence-electron chi connectivity index (χ3n) is 5.19. The Morgan fingerprint density at radius 1 is 1.25 bits per heavy atom. The first-order valence-electron chi connectivity index (χ1n) is 8.41. The van der Waals surface area contributed by atoms with E-state index < -0.39 is 5.60 Å². The van der Waals surface area contributed by atoms with Crippen LogP contribution in [0.5, 0.6) is 0 Å². The van der Waals surface area contributed by atoms with E-state index in [1.165, 1.54) is 38.5 Å². The van der Waals surface area contributed by atoms with Crippen LogP contribution in [0.15, 0.2) is 12.3 Å². The fourth-order valence-corrected chi connectivity index (χ4v) is 4.15. The highest BCUT2D eigenvalue weighted by Gasteiger charge is 2.33. The third-order valence-corrected chi connectivity index (χ3v) is 5.19. The van der Waals surface area contributed by atoms with Crippen LogP contribution < -0.4 is 0 Å². The molecule has 2 aliphatic rings. The van der Waals surface area contributed by atoms with Gasteiger partial charge in [0.2, 0.25) is 0 Å². The Kier molecular flexibility index (Phi) is 4.16. The van der Waals surface area contributed by atoms with E-state index >= 15 is 0 Å². The molecule has 1 aromatic rings. The Bertz CT molecular complexity index is 436. The molecule has 0 spiro atoms. The van der Waals surface area contributed by atoms with Crippen LogP contribution in [0.4, 0.5) is 0 Å². The molecule has 3 heteroatoms. The molecule has 0 aromatic carbocycles. The molecule has 0 amide bonds. The van der Waals surface area contributed by atoms with E-state index in [2.05, 4.69) is 23.9 Å². The van der Waals surface area contributed by atoms with E-state index in [1.807, 2.05) is 0 Å². The lowest BCUT2D eigenvalue weighted by atomic mass is 9.76. The molecule has 0 saturated heterocycles. The molecule has 2 aliphatic carbocycles. The molecule has 2 unspecified atom stereocenters. The Labute approximate surface area is 122 Å². The summed E-state index contributed by atoms with van der Waals surface area (Å²) >= 11 is 0. The number of aromatic nitrogens is 2. The van der Waals surface area contributed by atoms with E-state index in [1.54, 1.807) is 0 Å². The Balaban J connectivity index is 1.64. The SMILES string of the molecule is CC1CCCC(O)(Cc2ccn(C3CCCCC3)n2)C1. The van der Waals surface area contributed by atoms with Crippen molar-refractivity contribution in [2.24, 2.45) is 5.92 Å². The molecule has 3 nitrogen and oxygen atoms in total. The van der Waals surface area contributed by atoms with Gasteiger partial charge in [-0.2, -0.15) is 5.10 Å². The molecule has 1 N–H and O–H groups in total. The van der Waals surface area contributed by atoms with E-state index in [4.69, 9.17) is 5.10 Å². The van der Waals surface area contributed by atoms with Gasteiger partial charge in [-0.1, -0.05) is 39.0 Å². The van der Waals surface area contributed by atoms with Crippen molar-refractivity contribution >= 4 is 0 Å². The number of rotatable bonds is 3. The molecule has 2 fully saturated rings. The summed E-state index contributed by atoms with van der Waals surface area (Å²) in [4.78, 5) is 0. The van der Waals surface area contributed by atoms with Crippen molar-refractivity contribution in [3.63, 3.8) is 0 Å². The van der Waals surface area contributed by atoms with Crippen molar-refractivity contribution < 1.29 is 5.11 Å². The van der Waals surface area contributed by atoms with Crippen LogP contribution in [-0.2, 0) is 6.42 Å². The molecule has 0 radical (unpaired) electrons. The summed E-state index contributed by atoms with van der Waals surface area (Å²) in [6, 6.07) is 2.71. The number of nitrogens with zero attached hydrogens (tertiary/aromatic N) is 2. The molecule has 1 aromatic heterocycles. The third kappa shape index (κ3) is 3.25. The normalized spacial score (nSPS) is 32.4. The first kappa shape index (κ1) is 14.1. The van der Waals surface area contributed by atoms with Gasteiger partial charge in [0.25, 0.3) is 0 Å². The molecule has 20 heavy (non-hydrogen) atoms. The molecule has 0 aliphatic heterocycles. The zero-order valence-electron chi connectivity index (χ0n) is 12.7. The minimum Gasteiger partial charge on any atom is -0.389 e. The molecule has 3 rings (SSSR count). The fraction of sp³-hybridized carbons (Fsp3) is 0.824. The van der Waals surface area contributed by atoms with Crippen LogP contribution in [0, 0.1) is 5.92 Å². The van der Waals surface area contributed by atoms with E-state index in [0.717, 1.165) is 31.4 Å². The highest BCUT2D eigenvalue weighted by atomic mass is 16.3. The standard InChI is InChI=1S/C17H28N2O/c1-14-6-5-10-17(20,12-14)13-15-9-11-19(18-15)16-7-3-2-4-8-16/h9,11,14,16,20H,2-8,10,12-13H2,1H3. The quantitative estimate of drug-likeness (QED) is 0.910. The second-order valence-corrected chi connectivity index (χ2v) is 7.18. The number of aliphatic hydroxyl groups is 1. The molecule has 2 saturated carbocycles. The lowest BCUT2D eigenvalue weighted by Crippen LogP contribution is -2.37. The van der Waals surface area contributed by atoms with Crippen molar-refractivity contribution in [3.05, 3.63) is 18.0 Å². The average molecular weight is 276 g/mol. The van der Waals surface area contributed by atoms with Gasteiger partial charge in [-0.15, -0.1) is 0 Å². The van der Waals surface area contributed by atoms with Gasteiger partial charge < -0.3 is 5.11 Å². The van der Waals surface area contributed by atoms with Gasteiger partial charge in [0, 0.05) is 12.6 Å². The molecule has 2 atom stereocenters. The zero-order chi connectivity index (χ0) is 14.0. The van der Waals surface area contributed by atoms with Gasteiger partial charge in [-0.05, 0) is 37.7 Å². The maximum absolute atomic E-state index is 10.8. The van der Waals surface area contributed by atoms with Gasteiger partial charge in [-0.3, -0.25) is 4.68 Å². The Morgan fingerprint density at radius 2 is 2.05 bits per heavy atom. The van der Waals surface area contributed by atoms with Gasteiger partial charge in [0.15, 0.2) is 0 Å². The highest BCUT2D eigenvalue weighted by Crippen LogP contribution is 2.34. The lowest BCUT2D eigenvalue weighted by molar-refractivity contribution is -0.0132. The highest BCUT2D eigenvalue weighted by molar-refractivity contribution is 5.06.